The first-order chi connectivity index (χ1) is 7.61. The summed E-state index contributed by atoms with van der Waals surface area (Å²) < 4.78 is 5.95. The van der Waals surface area contributed by atoms with Crippen molar-refractivity contribution in [2.45, 2.75) is 62.8 Å². The van der Waals surface area contributed by atoms with Gasteiger partial charge < -0.3 is 10.5 Å². The van der Waals surface area contributed by atoms with Crippen LogP contribution >= 0.6 is 11.8 Å². The van der Waals surface area contributed by atoms with E-state index >= 15 is 0 Å². The van der Waals surface area contributed by atoms with E-state index in [0.29, 0.717) is 17.2 Å². The van der Waals surface area contributed by atoms with Crippen molar-refractivity contribution in [1.82, 2.24) is 0 Å². The first-order valence-electron chi connectivity index (χ1n) is 6.62. The highest BCUT2D eigenvalue weighted by Crippen LogP contribution is 2.45. The first kappa shape index (κ1) is 12.7. The third kappa shape index (κ3) is 2.93. The molecule has 0 amide bonds. The zero-order chi connectivity index (χ0) is 11.6. The second-order valence-corrected chi connectivity index (χ2v) is 7.29. The molecular formula is C13H25NOS. The lowest BCUT2D eigenvalue weighted by Crippen LogP contribution is -2.49. The summed E-state index contributed by atoms with van der Waals surface area (Å²) in [5.74, 6) is 1.80. The SMILES string of the molecule is CC(C)SCC(N)C1CCOC2(CCC2)C1. The van der Waals surface area contributed by atoms with Gasteiger partial charge in [-0.25, -0.2) is 0 Å². The van der Waals surface area contributed by atoms with E-state index < -0.39 is 0 Å². The van der Waals surface area contributed by atoms with Crippen LogP contribution < -0.4 is 5.73 Å². The number of hydrogen-bond acceptors (Lipinski definition) is 3. The minimum absolute atomic E-state index is 0.253. The second kappa shape index (κ2) is 5.28. The maximum absolute atomic E-state index is 6.32. The predicted octanol–water partition coefficient (Wildman–Crippen LogP) is 2.80. The molecule has 1 aliphatic heterocycles. The van der Waals surface area contributed by atoms with Crippen LogP contribution in [0.4, 0.5) is 0 Å². The maximum atomic E-state index is 6.32. The van der Waals surface area contributed by atoms with E-state index in [4.69, 9.17) is 10.5 Å². The highest BCUT2D eigenvalue weighted by atomic mass is 32.2. The Morgan fingerprint density at radius 3 is 2.75 bits per heavy atom. The van der Waals surface area contributed by atoms with E-state index in [1.54, 1.807) is 0 Å². The van der Waals surface area contributed by atoms with Crippen LogP contribution in [0.1, 0.15) is 46.0 Å². The van der Waals surface area contributed by atoms with Gasteiger partial charge in [0.05, 0.1) is 5.60 Å². The number of ether oxygens (including phenoxy) is 1. The summed E-state index contributed by atoms with van der Waals surface area (Å²) in [7, 11) is 0. The third-order valence-electron chi connectivity index (χ3n) is 4.02. The maximum Gasteiger partial charge on any atom is 0.0685 e. The molecule has 2 fully saturated rings. The normalized spacial score (nSPS) is 30.4. The molecule has 0 bridgehead atoms. The zero-order valence-electron chi connectivity index (χ0n) is 10.6. The lowest BCUT2D eigenvalue weighted by molar-refractivity contribution is -0.145. The lowest BCUT2D eigenvalue weighted by atomic mass is 9.71. The van der Waals surface area contributed by atoms with Crippen LogP contribution in [-0.4, -0.2) is 29.3 Å². The fourth-order valence-electron chi connectivity index (χ4n) is 2.79. The van der Waals surface area contributed by atoms with Gasteiger partial charge in [-0.15, -0.1) is 0 Å². The minimum Gasteiger partial charge on any atom is -0.375 e. The molecule has 1 spiro atoms. The first-order valence-corrected chi connectivity index (χ1v) is 7.67. The molecule has 2 aliphatic rings. The Morgan fingerprint density at radius 1 is 1.44 bits per heavy atom. The smallest absolute Gasteiger partial charge is 0.0685 e. The molecule has 16 heavy (non-hydrogen) atoms. The van der Waals surface area contributed by atoms with Crippen molar-refractivity contribution in [1.29, 1.82) is 0 Å². The standard InChI is InChI=1S/C13H25NOS/c1-10(2)16-9-12(14)11-4-7-15-13(8-11)5-3-6-13/h10-12H,3-9,14H2,1-2H3. The molecule has 0 aromatic heterocycles. The molecule has 0 radical (unpaired) electrons. The van der Waals surface area contributed by atoms with Gasteiger partial charge in [0.25, 0.3) is 0 Å². The lowest BCUT2D eigenvalue weighted by Gasteiger charge is -2.48. The van der Waals surface area contributed by atoms with Gasteiger partial charge in [0, 0.05) is 18.4 Å². The molecule has 2 atom stereocenters. The fraction of sp³-hybridized carbons (Fsp3) is 1.00. The van der Waals surface area contributed by atoms with Crippen LogP contribution in [0.25, 0.3) is 0 Å². The summed E-state index contributed by atoms with van der Waals surface area (Å²) in [6.45, 7) is 5.42. The van der Waals surface area contributed by atoms with E-state index in [0.717, 1.165) is 12.4 Å². The monoisotopic (exact) mass is 243 g/mol. The van der Waals surface area contributed by atoms with E-state index in [2.05, 4.69) is 13.8 Å². The molecule has 0 aromatic carbocycles. The van der Waals surface area contributed by atoms with Gasteiger partial charge in [-0.3, -0.25) is 0 Å². The predicted molar refractivity (Wildman–Crippen MR) is 70.8 cm³/mol. The Hall–Kier alpha value is 0.270. The Balaban J connectivity index is 1.79. The van der Waals surface area contributed by atoms with E-state index in [-0.39, 0.29) is 5.60 Å². The Kier molecular flexibility index (Phi) is 4.20. The second-order valence-electron chi connectivity index (χ2n) is 5.68. The topological polar surface area (TPSA) is 35.2 Å². The van der Waals surface area contributed by atoms with Crippen LogP contribution in [0.5, 0.6) is 0 Å². The van der Waals surface area contributed by atoms with Crippen LogP contribution in [-0.2, 0) is 4.74 Å². The molecular weight excluding hydrogens is 218 g/mol. The van der Waals surface area contributed by atoms with Gasteiger partial charge in [0.15, 0.2) is 0 Å². The quantitative estimate of drug-likeness (QED) is 0.824. The molecule has 1 heterocycles. The zero-order valence-corrected chi connectivity index (χ0v) is 11.4. The van der Waals surface area contributed by atoms with Crippen LogP contribution in [0, 0.1) is 5.92 Å². The summed E-state index contributed by atoms with van der Waals surface area (Å²) in [6.07, 6.45) is 6.28. The van der Waals surface area contributed by atoms with Gasteiger partial charge in [-0.1, -0.05) is 13.8 Å². The van der Waals surface area contributed by atoms with Crippen molar-refractivity contribution in [2.75, 3.05) is 12.4 Å². The van der Waals surface area contributed by atoms with Crippen LogP contribution in [0.3, 0.4) is 0 Å². The highest BCUT2D eigenvalue weighted by Gasteiger charge is 2.43. The van der Waals surface area contributed by atoms with Crippen LogP contribution in [0.2, 0.25) is 0 Å². The van der Waals surface area contributed by atoms with E-state index in [9.17, 15) is 0 Å². The third-order valence-corrected chi connectivity index (χ3v) is 5.27. The van der Waals surface area contributed by atoms with Gasteiger partial charge in [0.2, 0.25) is 0 Å². The van der Waals surface area contributed by atoms with Gasteiger partial charge in [-0.05, 0) is 43.3 Å². The molecule has 1 saturated heterocycles. The molecule has 1 aliphatic carbocycles. The summed E-state index contributed by atoms with van der Waals surface area (Å²) in [6, 6.07) is 0.369. The molecule has 1 saturated carbocycles. The van der Waals surface area contributed by atoms with Gasteiger partial charge in [0.1, 0.15) is 0 Å². The highest BCUT2D eigenvalue weighted by molar-refractivity contribution is 7.99. The Bertz CT molecular complexity index is 228. The average molecular weight is 243 g/mol. The van der Waals surface area contributed by atoms with E-state index in [1.807, 2.05) is 11.8 Å². The van der Waals surface area contributed by atoms with Crippen LogP contribution in [0.15, 0.2) is 0 Å². The van der Waals surface area contributed by atoms with Crippen molar-refractivity contribution >= 4 is 11.8 Å². The molecule has 2 unspecified atom stereocenters. The summed E-state index contributed by atoms with van der Waals surface area (Å²) in [4.78, 5) is 0. The number of thioether (sulfide) groups is 1. The largest absolute Gasteiger partial charge is 0.375 e. The van der Waals surface area contributed by atoms with Gasteiger partial charge in [-0.2, -0.15) is 11.8 Å². The molecule has 2 nitrogen and oxygen atoms in total. The van der Waals surface area contributed by atoms with Crippen molar-refractivity contribution in [3.05, 3.63) is 0 Å². The van der Waals surface area contributed by atoms with Crippen molar-refractivity contribution in [2.24, 2.45) is 11.7 Å². The Morgan fingerprint density at radius 2 is 2.19 bits per heavy atom. The summed E-state index contributed by atoms with van der Waals surface area (Å²) >= 11 is 1.99. The fourth-order valence-corrected chi connectivity index (χ4v) is 3.67. The molecule has 2 N–H and O–H groups in total. The molecule has 3 heteroatoms. The minimum atomic E-state index is 0.253. The molecule has 0 aromatic rings. The average Bonchev–Trinajstić information content (AvgIpc) is 2.24. The number of hydrogen-bond donors (Lipinski definition) is 1. The molecule has 94 valence electrons. The van der Waals surface area contributed by atoms with E-state index in [1.165, 1.54) is 32.1 Å². The van der Waals surface area contributed by atoms with Crippen molar-refractivity contribution < 1.29 is 4.74 Å². The molecule has 2 rings (SSSR count). The van der Waals surface area contributed by atoms with Crippen molar-refractivity contribution in [3.8, 4) is 0 Å². The summed E-state index contributed by atoms with van der Waals surface area (Å²) in [5.41, 5.74) is 6.57. The van der Waals surface area contributed by atoms with Crippen molar-refractivity contribution in [3.63, 3.8) is 0 Å². The summed E-state index contributed by atoms with van der Waals surface area (Å²) in [5, 5.41) is 0.698. The van der Waals surface area contributed by atoms with Gasteiger partial charge >= 0.3 is 0 Å². The number of rotatable bonds is 4. The number of nitrogens with two attached hydrogens (primary N) is 1. The Labute approximate surface area is 104 Å².